The maximum atomic E-state index is 11.8. The van der Waals surface area contributed by atoms with Crippen LogP contribution in [0.5, 0.6) is 17.2 Å². The van der Waals surface area contributed by atoms with Crippen molar-refractivity contribution in [2.24, 2.45) is 0 Å². The molecule has 5 heteroatoms. The van der Waals surface area contributed by atoms with Crippen LogP contribution in [0.3, 0.4) is 0 Å². The van der Waals surface area contributed by atoms with Crippen LogP contribution >= 0.6 is 0 Å². The summed E-state index contributed by atoms with van der Waals surface area (Å²) in [6, 6.07) is 13.3. The third kappa shape index (κ3) is 4.64. The Balaban J connectivity index is 1.49. The van der Waals surface area contributed by atoms with Crippen molar-refractivity contribution in [2.45, 2.75) is 6.54 Å². The summed E-state index contributed by atoms with van der Waals surface area (Å²) in [5.41, 5.74) is 1.96. The molecule has 0 spiro atoms. The molecule has 5 nitrogen and oxygen atoms in total. The molecule has 25 heavy (non-hydrogen) atoms. The van der Waals surface area contributed by atoms with E-state index in [0.29, 0.717) is 6.54 Å². The highest BCUT2D eigenvalue weighted by molar-refractivity contribution is 5.87. The van der Waals surface area contributed by atoms with Gasteiger partial charge in [0.15, 0.2) is 11.5 Å². The minimum absolute atomic E-state index is 0.154. The van der Waals surface area contributed by atoms with Gasteiger partial charge in [-0.05, 0) is 35.4 Å². The fraction of sp³-hybridized carbons (Fsp3) is 0.150. The first-order chi connectivity index (χ1) is 12.2. The maximum absolute atomic E-state index is 11.8. The molecule has 0 atom stereocenters. The Hall–Kier alpha value is -3.21. The second kappa shape index (κ2) is 8.06. The number of amides is 1. The van der Waals surface area contributed by atoms with E-state index in [-0.39, 0.29) is 12.7 Å². The van der Waals surface area contributed by atoms with Gasteiger partial charge >= 0.3 is 0 Å². The van der Waals surface area contributed by atoms with E-state index < -0.39 is 0 Å². The average Bonchev–Trinajstić information content (AvgIpc) is 3.11. The second-order valence-corrected chi connectivity index (χ2v) is 5.40. The van der Waals surface area contributed by atoms with Gasteiger partial charge in [-0.3, -0.25) is 4.79 Å². The number of hydrogen-bond acceptors (Lipinski definition) is 4. The van der Waals surface area contributed by atoms with E-state index in [1.54, 1.807) is 13.2 Å². The Morgan fingerprint density at radius 1 is 1.16 bits per heavy atom. The zero-order chi connectivity index (χ0) is 17.5. The van der Waals surface area contributed by atoms with Crippen LogP contribution in [-0.2, 0) is 11.3 Å². The quantitative estimate of drug-likeness (QED) is 0.649. The number of nitrogens with one attached hydrogen (secondary N) is 1. The van der Waals surface area contributed by atoms with E-state index in [9.17, 15) is 4.79 Å². The Bertz CT molecular complexity index is 811. The van der Waals surface area contributed by atoms with E-state index >= 15 is 0 Å². The van der Waals surface area contributed by atoms with Gasteiger partial charge in [0.25, 0.3) is 0 Å². The van der Waals surface area contributed by atoms with Gasteiger partial charge in [0, 0.05) is 12.6 Å². The van der Waals surface area contributed by atoms with Crippen molar-refractivity contribution < 1.29 is 19.0 Å². The highest BCUT2D eigenvalue weighted by Gasteiger charge is 2.11. The van der Waals surface area contributed by atoms with Crippen molar-refractivity contribution in [1.29, 1.82) is 0 Å². The highest BCUT2D eigenvalue weighted by atomic mass is 16.7. The maximum Gasteiger partial charge on any atom is 0.244 e. The van der Waals surface area contributed by atoms with Crippen LogP contribution in [0.15, 0.2) is 60.7 Å². The molecule has 0 bridgehead atoms. The fourth-order valence-electron chi connectivity index (χ4n) is 2.36. The number of carbonyl (C=O) groups excluding carboxylic acids is 1. The number of rotatable bonds is 6. The van der Waals surface area contributed by atoms with E-state index in [1.807, 2.05) is 54.6 Å². The predicted molar refractivity (Wildman–Crippen MR) is 95.6 cm³/mol. The molecule has 0 saturated heterocycles. The highest BCUT2D eigenvalue weighted by Crippen LogP contribution is 2.32. The molecule has 2 aromatic carbocycles. The first-order valence-corrected chi connectivity index (χ1v) is 7.90. The molecule has 0 aliphatic carbocycles. The Morgan fingerprint density at radius 2 is 2.04 bits per heavy atom. The van der Waals surface area contributed by atoms with Crippen molar-refractivity contribution in [1.82, 2.24) is 5.32 Å². The minimum Gasteiger partial charge on any atom is -0.497 e. The van der Waals surface area contributed by atoms with Crippen LogP contribution < -0.4 is 19.5 Å². The number of benzene rings is 2. The van der Waals surface area contributed by atoms with Crippen LogP contribution in [0.4, 0.5) is 0 Å². The Kier molecular flexibility index (Phi) is 5.36. The summed E-state index contributed by atoms with van der Waals surface area (Å²) in [4.78, 5) is 11.8. The largest absolute Gasteiger partial charge is 0.497 e. The predicted octanol–water partition coefficient (Wildman–Crippen LogP) is 3.31. The molecular weight excluding hydrogens is 318 g/mol. The summed E-state index contributed by atoms with van der Waals surface area (Å²) in [6.07, 6.45) is 6.89. The van der Waals surface area contributed by atoms with Crippen molar-refractivity contribution in [3.05, 3.63) is 71.8 Å². The van der Waals surface area contributed by atoms with Crippen LogP contribution in [0.1, 0.15) is 11.1 Å². The van der Waals surface area contributed by atoms with Crippen molar-refractivity contribution in [3.8, 4) is 17.2 Å². The Labute approximate surface area is 146 Å². The van der Waals surface area contributed by atoms with Crippen molar-refractivity contribution >= 4 is 12.0 Å². The van der Waals surface area contributed by atoms with Gasteiger partial charge in [-0.2, -0.15) is 0 Å². The Morgan fingerprint density at radius 3 is 2.92 bits per heavy atom. The lowest BCUT2D eigenvalue weighted by molar-refractivity contribution is -0.116. The number of ether oxygens (including phenoxy) is 3. The number of hydrogen-bond donors (Lipinski definition) is 1. The standard InChI is InChI=1S/C20H19NO4/c1-23-17-7-4-6-16(11-17)13-21-20(22)8-3-2-5-15-9-10-18-19(12-15)25-14-24-18/h2-12H,13-14H2,1H3,(H,21,22)/b5-2+,8-3+. The molecule has 0 aromatic heterocycles. The first-order valence-electron chi connectivity index (χ1n) is 7.90. The number of fused-ring (bicyclic) bond motifs is 1. The summed E-state index contributed by atoms with van der Waals surface area (Å²) in [7, 11) is 1.62. The van der Waals surface area contributed by atoms with Gasteiger partial charge in [-0.15, -0.1) is 0 Å². The topological polar surface area (TPSA) is 56.8 Å². The van der Waals surface area contributed by atoms with E-state index in [0.717, 1.165) is 28.4 Å². The van der Waals surface area contributed by atoms with Crippen molar-refractivity contribution in [2.75, 3.05) is 13.9 Å². The summed E-state index contributed by atoms with van der Waals surface area (Å²) in [6.45, 7) is 0.710. The molecule has 1 aliphatic heterocycles. The first kappa shape index (κ1) is 16.6. The van der Waals surface area contributed by atoms with Gasteiger partial charge < -0.3 is 19.5 Å². The van der Waals surface area contributed by atoms with Crippen LogP contribution in [0.2, 0.25) is 0 Å². The normalized spacial score (nSPS) is 12.7. The SMILES string of the molecule is COc1cccc(CNC(=O)/C=C/C=C/c2ccc3c(c2)OCO3)c1. The van der Waals surface area contributed by atoms with Crippen LogP contribution in [-0.4, -0.2) is 19.8 Å². The van der Waals surface area contributed by atoms with Crippen LogP contribution in [0, 0.1) is 0 Å². The lowest BCUT2D eigenvalue weighted by atomic mass is 10.2. The van der Waals surface area contributed by atoms with Gasteiger partial charge in [-0.1, -0.05) is 36.4 Å². The van der Waals surface area contributed by atoms with E-state index in [4.69, 9.17) is 14.2 Å². The molecule has 2 aromatic rings. The van der Waals surface area contributed by atoms with Gasteiger partial charge in [0.1, 0.15) is 5.75 Å². The summed E-state index contributed by atoms with van der Waals surface area (Å²) >= 11 is 0. The molecule has 3 rings (SSSR count). The molecular formula is C20H19NO4. The zero-order valence-corrected chi connectivity index (χ0v) is 13.9. The molecule has 0 unspecified atom stereocenters. The third-order valence-electron chi connectivity index (χ3n) is 3.64. The van der Waals surface area contributed by atoms with Crippen LogP contribution in [0.25, 0.3) is 6.08 Å². The number of methoxy groups -OCH3 is 1. The van der Waals surface area contributed by atoms with Gasteiger partial charge in [-0.25, -0.2) is 0 Å². The molecule has 0 fully saturated rings. The van der Waals surface area contributed by atoms with E-state index in [1.165, 1.54) is 6.08 Å². The molecule has 0 saturated carbocycles. The molecule has 1 amide bonds. The van der Waals surface area contributed by atoms with Crippen molar-refractivity contribution in [3.63, 3.8) is 0 Å². The minimum atomic E-state index is -0.154. The summed E-state index contributed by atoms with van der Waals surface area (Å²) in [5, 5.41) is 2.83. The number of carbonyl (C=O) groups is 1. The summed E-state index contributed by atoms with van der Waals surface area (Å²) < 4.78 is 15.8. The average molecular weight is 337 g/mol. The number of allylic oxidation sites excluding steroid dienone is 2. The zero-order valence-electron chi connectivity index (χ0n) is 13.9. The van der Waals surface area contributed by atoms with Gasteiger partial charge in [0.2, 0.25) is 12.7 Å². The third-order valence-corrected chi connectivity index (χ3v) is 3.64. The summed E-state index contributed by atoms with van der Waals surface area (Å²) in [5.74, 6) is 2.11. The molecule has 1 aliphatic rings. The lowest BCUT2D eigenvalue weighted by Gasteiger charge is -2.04. The second-order valence-electron chi connectivity index (χ2n) is 5.40. The molecule has 1 heterocycles. The fourth-order valence-corrected chi connectivity index (χ4v) is 2.36. The molecule has 1 N–H and O–H groups in total. The lowest BCUT2D eigenvalue weighted by Crippen LogP contribution is -2.20. The monoisotopic (exact) mass is 337 g/mol. The molecule has 0 radical (unpaired) electrons. The smallest absolute Gasteiger partial charge is 0.244 e. The van der Waals surface area contributed by atoms with Gasteiger partial charge in [0.05, 0.1) is 7.11 Å². The molecule has 128 valence electrons. The van der Waals surface area contributed by atoms with E-state index in [2.05, 4.69) is 5.32 Å².